The van der Waals surface area contributed by atoms with Crippen LogP contribution in [0.15, 0.2) is 35.3 Å². The highest BCUT2D eigenvalue weighted by molar-refractivity contribution is 5.80. The molecule has 0 aliphatic carbocycles. The Bertz CT molecular complexity index is 529. The summed E-state index contributed by atoms with van der Waals surface area (Å²) < 4.78 is 5.45. The number of nitrogens with one attached hydrogen (secondary N) is 2. The van der Waals surface area contributed by atoms with Crippen molar-refractivity contribution in [1.82, 2.24) is 15.5 Å². The molecule has 0 saturated carbocycles. The molecule has 2 rings (SSSR count). The second-order valence-corrected chi connectivity index (χ2v) is 7.23. The second-order valence-electron chi connectivity index (χ2n) is 7.23. The van der Waals surface area contributed by atoms with E-state index in [0.29, 0.717) is 12.1 Å². The van der Waals surface area contributed by atoms with Gasteiger partial charge >= 0.3 is 0 Å². The number of hydrogen-bond acceptors (Lipinski definition) is 3. The van der Waals surface area contributed by atoms with Gasteiger partial charge in [0.15, 0.2) is 5.96 Å². The molecule has 24 heavy (non-hydrogen) atoms. The second kappa shape index (κ2) is 8.49. The van der Waals surface area contributed by atoms with Crippen LogP contribution in [0.1, 0.15) is 32.8 Å². The van der Waals surface area contributed by atoms with Crippen molar-refractivity contribution in [2.45, 2.75) is 51.4 Å². The average molecular weight is 332 g/mol. The molecule has 0 bridgehead atoms. The minimum atomic E-state index is -0.208. The average Bonchev–Trinajstić information content (AvgIpc) is 2.92. The summed E-state index contributed by atoms with van der Waals surface area (Å²) in [5.41, 5.74) is 1.16. The third-order valence-electron chi connectivity index (χ3n) is 4.73. The summed E-state index contributed by atoms with van der Waals surface area (Å²) >= 11 is 0. The summed E-state index contributed by atoms with van der Waals surface area (Å²) in [6.07, 6.45) is 1.13. The Balaban J connectivity index is 1.85. The van der Waals surface area contributed by atoms with Crippen LogP contribution in [0, 0.1) is 0 Å². The van der Waals surface area contributed by atoms with E-state index < -0.39 is 0 Å². The van der Waals surface area contributed by atoms with Crippen LogP contribution in [0.25, 0.3) is 0 Å². The molecule has 0 spiro atoms. The first-order valence-corrected chi connectivity index (χ1v) is 8.74. The van der Waals surface area contributed by atoms with Crippen molar-refractivity contribution in [2.75, 3.05) is 27.2 Å². The van der Waals surface area contributed by atoms with E-state index in [9.17, 15) is 0 Å². The van der Waals surface area contributed by atoms with Crippen LogP contribution in [-0.4, -0.2) is 55.8 Å². The Morgan fingerprint density at radius 3 is 2.67 bits per heavy atom. The van der Waals surface area contributed by atoms with E-state index in [-0.39, 0.29) is 5.60 Å². The van der Waals surface area contributed by atoms with Crippen molar-refractivity contribution in [3.05, 3.63) is 35.9 Å². The molecule has 1 aliphatic rings. The maximum Gasteiger partial charge on any atom is 0.191 e. The van der Waals surface area contributed by atoms with Crippen molar-refractivity contribution < 1.29 is 4.74 Å². The van der Waals surface area contributed by atoms with Crippen LogP contribution in [0.5, 0.6) is 0 Å². The van der Waals surface area contributed by atoms with E-state index in [1.54, 1.807) is 7.11 Å². The molecule has 5 nitrogen and oxygen atoms in total. The van der Waals surface area contributed by atoms with Gasteiger partial charge in [0.25, 0.3) is 0 Å². The van der Waals surface area contributed by atoms with E-state index in [1.165, 1.54) is 5.56 Å². The van der Waals surface area contributed by atoms with Gasteiger partial charge in [-0.2, -0.15) is 0 Å². The quantitative estimate of drug-likeness (QED) is 0.620. The highest BCUT2D eigenvalue weighted by Crippen LogP contribution is 2.20. The molecule has 2 unspecified atom stereocenters. The third-order valence-corrected chi connectivity index (χ3v) is 4.73. The van der Waals surface area contributed by atoms with Gasteiger partial charge in [-0.3, -0.25) is 9.89 Å². The minimum absolute atomic E-state index is 0.208. The van der Waals surface area contributed by atoms with Crippen molar-refractivity contribution in [1.29, 1.82) is 0 Å². The lowest BCUT2D eigenvalue weighted by atomic mass is 10.1. The van der Waals surface area contributed by atoms with Gasteiger partial charge < -0.3 is 15.4 Å². The number of nitrogens with zero attached hydrogens (tertiary/aromatic N) is 2. The number of likely N-dealkylation sites (tertiary alicyclic amines) is 1. The van der Waals surface area contributed by atoms with Crippen molar-refractivity contribution in [2.24, 2.45) is 4.99 Å². The Kier molecular flexibility index (Phi) is 6.63. The lowest BCUT2D eigenvalue weighted by molar-refractivity contribution is 0.0268. The summed E-state index contributed by atoms with van der Waals surface area (Å²) in [6.45, 7) is 9.18. The number of guanidine groups is 1. The Hall–Kier alpha value is -1.59. The van der Waals surface area contributed by atoms with Crippen molar-refractivity contribution in [3.63, 3.8) is 0 Å². The first kappa shape index (κ1) is 18.7. The molecule has 0 amide bonds. The molecule has 2 N–H and O–H groups in total. The molecule has 2 atom stereocenters. The fourth-order valence-electron chi connectivity index (χ4n) is 3.00. The van der Waals surface area contributed by atoms with E-state index >= 15 is 0 Å². The first-order chi connectivity index (χ1) is 11.4. The molecule has 134 valence electrons. The van der Waals surface area contributed by atoms with E-state index in [2.05, 4.69) is 71.6 Å². The lowest BCUT2D eigenvalue weighted by Crippen LogP contribution is -2.49. The number of aliphatic imine (C=N–C) groups is 1. The largest absolute Gasteiger partial charge is 0.377 e. The van der Waals surface area contributed by atoms with Crippen LogP contribution in [0.3, 0.4) is 0 Å². The van der Waals surface area contributed by atoms with Gasteiger partial charge in [0.1, 0.15) is 0 Å². The molecule has 0 aromatic heterocycles. The maximum atomic E-state index is 5.45. The highest BCUT2D eigenvalue weighted by atomic mass is 16.5. The summed E-state index contributed by atoms with van der Waals surface area (Å²) in [4.78, 5) is 6.87. The predicted molar refractivity (Wildman–Crippen MR) is 100 cm³/mol. The molecular weight excluding hydrogens is 300 g/mol. The highest BCUT2D eigenvalue weighted by Gasteiger charge is 2.29. The fourth-order valence-corrected chi connectivity index (χ4v) is 3.00. The zero-order chi connectivity index (χ0) is 17.6. The molecule has 5 heteroatoms. The summed E-state index contributed by atoms with van der Waals surface area (Å²) in [5, 5.41) is 6.91. The smallest absolute Gasteiger partial charge is 0.191 e. The van der Waals surface area contributed by atoms with Crippen LogP contribution in [-0.2, 0) is 11.3 Å². The summed E-state index contributed by atoms with van der Waals surface area (Å²) in [7, 11) is 3.55. The van der Waals surface area contributed by atoms with E-state index in [4.69, 9.17) is 4.74 Å². The molecular formula is C19H32N4O. The molecule has 0 radical (unpaired) electrons. The van der Waals surface area contributed by atoms with Crippen LogP contribution in [0.4, 0.5) is 0 Å². The number of ether oxygens (including phenoxy) is 1. The van der Waals surface area contributed by atoms with Gasteiger partial charge in [0.2, 0.25) is 0 Å². The number of hydrogen-bond donors (Lipinski definition) is 2. The Morgan fingerprint density at radius 1 is 1.33 bits per heavy atom. The standard InChI is InChI=1S/C19H32N4O/c1-15-11-17(13-23(15)12-16-9-7-6-8-10-16)22-18(20-4)21-14-19(2,3)24-5/h6-10,15,17H,11-14H2,1-5H3,(H2,20,21,22). The van der Waals surface area contributed by atoms with E-state index in [0.717, 1.165) is 32.0 Å². The normalized spacial score (nSPS) is 22.6. The minimum Gasteiger partial charge on any atom is -0.377 e. The molecule has 1 fully saturated rings. The summed E-state index contributed by atoms with van der Waals surface area (Å²) in [6, 6.07) is 11.7. The van der Waals surface area contributed by atoms with Gasteiger partial charge in [-0.1, -0.05) is 30.3 Å². The van der Waals surface area contributed by atoms with Crippen LogP contribution in [0.2, 0.25) is 0 Å². The molecule has 1 heterocycles. The fraction of sp³-hybridized carbons (Fsp3) is 0.632. The molecule has 1 aromatic carbocycles. The SMILES string of the molecule is CN=C(NCC(C)(C)OC)NC1CC(C)N(Cc2ccccc2)C1. The molecule has 1 aromatic rings. The predicted octanol–water partition coefficient (Wildman–Crippen LogP) is 2.24. The van der Waals surface area contributed by atoms with E-state index in [1.807, 2.05) is 7.05 Å². The zero-order valence-electron chi connectivity index (χ0n) is 15.7. The monoisotopic (exact) mass is 332 g/mol. The summed E-state index contributed by atoms with van der Waals surface area (Å²) in [5.74, 6) is 0.846. The van der Waals surface area contributed by atoms with Gasteiger partial charge in [0.05, 0.1) is 5.60 Å². The van der Waals surface area contributed by atoms with Crippen LogP contribution < -0.4 is 10.6 Å². The van der Waals surface area contributed by atoms with Gasteiger partial charge in [-0.15, -0.1) is 0 Å². The van der Waals surface area contributed by atoms with Gasteiger partial charge in [-0.25, -0.2) is 0 Å². The molecule has 1 aliphatic heterocycles. The first-order valence-electron chi connectivity index (χ1n) is 8.74. The number of benzene rings is 1. The maximum absolute atomic E-state index is 5.45. The Labute approximate surface area is 146 Å². The lowest BCUT2D eigenvalue weighted by Gasteiger charge is -2.25. The van der Waals surface area contributed by atoms with Crippen molar-refractivity contribution in [3.8, 4) is 0 Å². The number of rotatable bonds is 6. The van der Waals surface area contributed by atoms with Crippen molar-refractivity contribution >= 4 is 5.96 Å². The van der Waals surface area contributed by atoms with Crippen LogP contribution >= 0.6 is 0 Å². The van der Waals surface area contributed by atoms with Gasteiger partial charge in [-0.05, 0) is 32.8 Å². The Morgan fingerprint density at radius 2 is 2.04 bits per heavy atom. The zero-order valence-corrected chi connectivity index (χ0v) is 15.7. The third kappa shape index (κ3) is 5.49. The number of methoxy groups -OCH3 is 1. The topological polar surface area (TPSA) is 48.9 Å². The van der Waals surface area contributed by atoms with Gasteiger partial charge in [0, 0.05) is 45.9 Å². The molecule has 1 saturated heterocycles.